The highest BCUT2D eigenvalue weighted by Crippen LogP contribution is 2.17. The van der Waals surface area contributed by atoms with Gasteiger partial charge in [0.25, 0.3) is 5.56 Å². The van der Waals surface area contributed by atoms with Gasteiger partial charge in [0, 0.05) is 0 Å². The fraction of sp³-hybridized carbons (Fsp3) is 0.250. The average Bonchev–Trinajstić information content (AvgIpc) is 2.96. The van der Waals surface area contributed by atoms with Crippen LogP contribution >= 0.6 is 15.9 Å². The molecule has 106 valence electrons. The molecule has 2 heterocycles. The van der Waals surface area contributed by atoms with Crippen molar-refractivity contribution in [1.82, 2.24) is 9.78 Å². The van der Waals surface area contributed by atoms with Crippen LogP contribution in [0.1, 0.15) is 5.76 Å². The Bertz CT molecular complexity index is 651. The van der Waals surface area contributed by atoms with E-state index in [-0.39, 0.29) is 6.54 Å². The quantitative estimate of drug-likeness (QED) is 0.827. The molecule has 0 bridgehead atoms. The molecule has 1 N–H and O–H groups in total. The van der Waals surface area contributed by atoms with Crippen molar-refractivity contribution in [3.8, 4) is 0 Å². The molecule has 0 radical (unpaired) electrons. The number of carbonyl (C=O) groups excluding carboxylic acids is 1. The summed E-state index contributed by atoms with van der Waals surface area (Å²) in [5.41, 5.74) is 0.104. The molecule has 0 amide bonds. The second-order valence-electron chi connectivity index (χ2n) is 3.84. The van der Waals surface area contributed by atoms with Gasteiger partial charge in [0.1, 0.15) is 16.8 Å². The van der Waals surface area contributed by atoms with E-state index in [9.17, 15) is 9.59 Å². The van der Waals surface area contributed by atoms with E-state index < -0.39 is 11.5 Å². The number of esters is 1. The van der Waals surface area contributed by atoms with E-state index >= 15 is 0 Å². The maximum absolute atomic E-state index is 12.0. The topological polar surface area (TPSA) is 86.4 Å². The Hall–Kier alpha value is -2.09. The lowest BCUT2D eigenvalue weighted by molar-refractivity contribution is -0.141. The summed E-state index contributed by atoms with van der Waals surface area (Å²) in [6.45, 7) is 0.195. The summed E-state index contributed by atoms with van der Waals surface area (Å²) in [5, 5.41) is 6.93. The molecule has 2 rings (SSSR count). The normalized spacial score (nSPS) is 10.3. The summed E-state index contributed by atoms with van der Waals surface area (Å²) >= 11 is 3.19. The Kier molecular flexibility index (Phi) is 4.57. The zero-order valence-electron chi connectivity index (χ0n) is 10.6. The van der Waals surface area contributed by atoms with E-state index in [1.807, 2.05) is 6.07 Å². The number of halogens is 1. The minimum atomic E-state index is -0.539. The van der Waals surface area contributed by atoms with Crippen molar-refractivity contribution in [3.05, 3.63) is 45.2 Å². The number of methoxy groups -OCH3 is 1. The number of hydrogen-bond acceptors (Lipinski definition) is 6. The summed E-state index contributed by atoms with van der Waals surface area (Å²) in [7, 11) is 1.25. The van der Waals surface area contributed by atoms with E-state index in [0.29, 0.717) is 16.7 Å². The zero-order valence-corrected chi connectivity index (χ0v) is 12.2. The molecule has 0 saturated heterocycles. The number of hydrogen-bond donors (Lipinski definition) is 1. The number of anilines is 1. The third kappa shape index (κ3) is 3.27. The lowest BCUT2D eigenvalue weighted by Crippen LogP contribution is -2.28. The second kappa shape index (κ2) is 6.38. The van der Waals surface area contributed by atoms with Crippen LogP contribution in [0.15, 0.2) is 38.3 Å². The van der Waals surface area contributed by atoms with Crippen molar-refractivity contribution in [2.24, 2.45) is 0 Å². The van der Waals surface area contributed by atoms with Gasteiger partial charge >= 0.3 is 5.97 Å². The summed E-state index contributed by atoms with van der Waals surface area (Å²) < 4.78 is 11.0. The smallest absolute Gasteiger partial charge is 0.327 e. The zero-order chi connectivity index (χ0) is 14.5. The number of carbonyl (C=O) groups is 1. The lowest BCUT2D eigenvalue weighted by Gasteiger charge is -2.08. The Morgan fingerprint density at radius 2 is 2.40 bits per heavy atom. The molecule has 7 nitrogen and oxygen atoms in total. The van der Waals surface area contributed by atoms with Gasteiger partial charge in [-0.25, -0.2) is 4.68 Å². The molecule has 0 saturated carbocycles. The molecule has 20 heavy (non-hydrogen) atoms. The fourth-order valence-corrected chi connectivity index (χ4v) is 1.93. The van der Waals surface area contributed by atoms with Gasteiger partial charge in [-0.15, -0.1) is 0 Å². The number of furan rings is 1. The predicted molar refractivity (Wildman–Crippen MR) is 74.2 cm³/mol. The van der Waals surface area contributed by atoms with Crippen LogP contribution in [-0.4, -0.2) is 22.9 Å². The molecule has 0 spiro atoms. The standard InChI is InChI=1S/C12H12BrN3O4/c1-19-10(17)7-16-12(18)11(13)9(6-15-16)14-5-8-3-2-4-20-8/h2-4,6,14H,5,7H2,1H3. The molecule has 0 aromatic carbocycles. The van der Waals surface area contributed by atoms with E-state index in [2.05, 4.69) is 31.1 Å². The maximum Gasteiger partial charge on any atom is 0.327 e. The molecular formula is C12H12BrN3O4. The first kappa shape index (κ1) is 14.3. The van der Waals surface area contributed by atoms with Crippen molar-refractivity contribution in [1.29, 1.82) is 0 Å². The minimum absolute atomic E-state index is 0.230. The van der Waals surface area contributed by atoms with E-state index in [1.54, 1.807) is 12.3 Å². The van der Waals surface area contributed by atoms with Gasteiger partial charge in [0.2, 0.25) is 0 Å². The number of rotatable bonds is 5. The molecule has 0 unspecified atom stereocenters. The largest absolute Gasteiger partial charge is 0.468 e. The third-order valence-corrected chi connectivity index (χ3v) is 3.29. The van der Waals surface area contributed by atoms with Crippen LogP contribution in [0.3, 0.4) is 0 Å². The van der Waals surface area contributed by atoms with Gasteiger partial charge in [-0.2, -0.15) is 5.10 Å². The van der Waals surface area contributed by atoms with Crippen molar-refractivity contribution < 1.29 is 13.9 Å². The van der Waals surface area contributed by atoms with Gasteiger partial charge < -0.3 is 14.5 Å². The van der Waals surface area contributed by atoms with Crippen LogP contribution in [0, 0.1) is 0 Å². The molecule has 2 aromatic heterocycles. The van der Waals surface area contributed by atoms with Gasteiger partial charge in [-0.05, 0) is 28.1 Å². The Labute approximate surface area is 122 Å². The van der Waals surface area contributed by atoms with Crippen LogP contribution in [-0.2, 0) is 22.6 Å². The van der Waals surface area contributed by atoms with Crippen molar-refractivity contribution in [2.75, 3.05) is 12.4 Å². The summed E-state index contributed by atoms with van der Waals surface area (Å²) in [4.78, 5) is 23.1. The van der Waals surface area contributed by atoms with Gasteiger partial charge in [-0.1, -0.05) is 0 Å². The SMILES string of the molecule is COC(=O)Cn1ncc(NCc2ccco2)c(Br)c1=O. The molecule has 0 atom stereocenters. The monoisotopic (exact) mass is 341 g/mol. The van der Waals surface area contributed by atoms with Crippen LogP contribution in [0.25, 0.3) is 0 Å². The number of aromatic nitrogens is 2. The number of nitrogens with one attached hydrogen (secondary N) is 1. The minimum Gasteiger partial charge on any atom is -0.468 e. The third-order valence-electron chi connectivity index (χ3n) is 2.52. The number of ether oxygens (including phenoxy) is 1. The first-order valence-corrected chi connectivity index (χ1v) is 6.50. The molecule has 0 aliphatic rings. The Morgan fingerprint density at radius 1 is 1.60 bits per heavy atom. The highest BCUT2D eigenvalue weighted by Gasteiger charge is 2.11. The number of nitrogens with zero attached hydrogens (tertiary/aromatic N) is 2. The van der Waals surface area contributed by atoms with Crippen LogP contribution < -0.4 is 10.9 Å². The van der Waals surface area contributed by atoms with Crippen LogP contribution in [0.5, 0.6) is 0 Å². The highest BCUT2D eigenvalue weighted by molar-refractivity contribution is 9.10. The lowest BCUT2D eigenvalue weighted by atomic mass is 10.4. The first-order valence-electron chi connectivity index (χ1n) is 5.70. The van der Waals surface area contributed by atoms with Crippen molar-refractivity contribution in [2.45, 2.75) is 13.1 Å². The van der Waals surface area contributed by atoms with Crippen LogP contribution in [0.2, 0.25) is 0 Å². The fourth-order valence-electron chi connectivity index (χ4n) is 1.48. The van der Waals surface area contributed by atoms with E-state index in [0.717, 1.165) is 10.4 Å². The molecule has 8 heteroatoms. The Morgan fingerprint density at radius 3 is 3.05 bits per heavy atom. The molecule has 0 aliphatic heterocycles. The van der Waals surface area contributed by atoms with Gasteiger partial charge in [-0.3, -0.25) is 9.59 Å². The predicted octanol–water partition coefficient (Wildman–Crippen LogP) is 1.38. The molecule has 0 aliphatic carbocycles. The van der Waals surface area contributed by atoms with E-state index in [1.165, 1.54) is 13.3 Å². The highest BCUT2D eigenvalue weighted by atomic mass is 79.9. The average molecular weight is 342 g/mol. The maximum atomic E-state index is 12.0. The summed E-state index contributed by atoms with van der Waals surface area (Å²) in [6.07, 6.45) is 3.02. The summed E-state index contributed by atoms with van der Waals surface area (Å²) in [5.74, 6) is 0.193. The van der Waals surface area contributed by atoms with Gasteiger partial charge in [0.15, 0.2) is 0 Å². The summed E-state index contributed by atoms with van der Waals surface area (Å²) in [6, 6.07) is 3.59. The van der Waals surface area contributed by atoms with Crippen molar-refractivity contribution in [3.63, 3.8) is 0 Å². The molecule has 2 aromatic rings. The first-order chi connectivity index (χ1) is 9.61. The van der Waals surface area contributed by atoms with Crippen molar-refractivity contribution >= 4 is 27.6 Å². The van der Waals surface area contributed by atoms with Gasteiger partial charge in [0.05, 0.1) is 31.8 Å². The molecule has 0 fully saturated rings. The molecular weight excluding hydrogens is 330 g/mol. The Balaban J connectivity index is 2.14. The van der Waals surface area contributed by atoms with Crippen LogP contribution in [0.4, 0.5) is 5.69 Å². The second-order valence-corrected chi connectivity index (χ2v) is 4.64. The van der Waals surface area contributed by atoms with E-state index in [4.69, 9.17) is 4.42 Å².